The van der Waals surface area contributed by atoms with Crippen molar-refractivity contribution in [2.75, 3.05) is 13.1 Å². The molecule has 1 saturated heterocycles. The second kappa shape index (κ2) is 10.2. The summed E-state index contributed by atoms with van der Waals surface area (Å²) >= 11 is 0. The summed E-state index contributed by atoms with van der Waals surface area (Å²) in [5, 5.41) is 18.6. The molecule has 4 rings (SSSR count). The summed E-state index contributed by atoms with van der Waals surface area (Å²) in [6, 6.07) is 12.9. The number of fused-ring (bicyclic) bond motifs is 1. The van der Waals surface area contributed by atoms with Crippen molar-refractivity contribution in [3.05, 3.63) is 65.6 Å². The number of para-hydroxylation sites is 1. The van der Waals surface area contributed by atoms with Gasteiger partial charge in [0.25, 0.3) is 5.91 Å². The second-order valence-electron chi connectivity index (χ2n) is 11.7. The van der Waals surface area contributed by atoms with Gasteiger partial charge in [-0.1, -0.05) is 51.1 Å². The first kappa shape index (κ1) is 26.8. The van der Waals surface area contributed by atoms with Crippen LogP contribution in [0.5, 0.6) is 0 Å². The van der Waals surface area contributed by atoms with E-state index in [4.69, 9.17) is 0 Å². The van der Waals surface area contributed by atoms with Crippen molar-refractivity contribution in [1.82, 2.24) is 20.0 Å². The molecule has 2 N–H and O–H groups in total. The van der Waals surface area contributed by atoms with Crippen molar-refractivity contribution in [3.8, 4) is 0 Å². The van der Waals surface area contributed by atoms with Gasteiger partial charge in [-0.3, -0.25) is 14.3 Å². The topological polar surface area (TPSA) is 87.5 Å². The van der Waals surface area contributed by atoms with Gasteiger partial charge in [0.15, 0.2) is 5.69 Å². The van der Waals surface area contributed by atoms with Crippen LogP contribution in [0.4, 0.5) is 4.39 Å². The van der Waals surface area contributed by atoms with Crippen LogP contribution in [0.1, 0.15) is 63.5 Å². The minimum atomic E-state index is -0.777. The third-order valence-electron chi connectivity index (χ3n) is 7.31. The van der Waals surface area contributed by atoms with Crippen molar-refractivity contribution in [2.45, 2.75) is 65.6 Å². The van der Waals surface area contributed by atoms with Gasteiger partial charge in [-0.25, -0.2) is 4.39 Å². The highest BCUT2D eigenvalue weighted by atomic mass is 19.1. The summed E-state index contributed by atoms with van der Waals surface area (Å²) in [6.07, 6.45) is 1.44. The van der Waals surface area contributed by atoms with Crippen LogP contribution >= 0.6 is 0 Å². The Morgan fingerprint density at radius 1 is 1.05 bits per heavy atom. The molecule has 0 aliphatic carbocycles. The van der Waals surface area contributed by atoms with Gasteiger partial charge in [-0.2, -0.15) is 5.10 Å². The van der Waals surface area contributed by atoms with E-state index in [1.54, 1.807) is 21.7 Å². The Morgan fingerprint density at radius 3 is 2.27 bits per heavy atom. The van der Waals surface area contributed by atoms with Crippen molar-refractivity contribution < 1.29 is 19.1 Å². The zero-order chi connectivity index (χ0) is 27.0. The fraction of sp³-hybridized carbons (Fsp3) is 0.483. The number of hydrogen-bond acceptors (Lipinski definition) is 4. The van der Waals surface area contributed by atoms with E-state index in [1.807, 2.05) is 58.9 Å². The third-order valence-corrected chi connectivity index (χ3v) is 7.31. The van der Waals surface area contributed by atoms with Gasteiger partial charge in [-0.05, 0) is 61.8 Å². The van der Waals surface area contributed by atoms with E-state index in [0.717, 1.165) is 23.9 Å². The molecule has 8 heteroatoms. The highest BCUT2D eigenvalue weighted by Gasteiger charge is 2.39. The molecule has 1 aromatic heterocycles. The van der Waals surface area contributed by atoms with Crippen molar-refractivity contribution in [1.29, 1.82) is 0 Å². The smallest absolute Gasteiger partial charge is 0.273 e. The van der Waals surface area contributed by atoms with Gasteiger partial charge < -0.3 is 15.3 Å². The highest BCUT2D eigenvalue weighted by molar-refractivity contribution is 6.06. The summed E-state index contributed by atoms with van der Waals surface area (Å²) in [4.78, 5) is 28.9. The quantitative estimate of drug-likeness (QED) is 0.517. The van der Waals surface area contributed by atoms with E-state index in [9.17, 15) is 19.1 Å². The molecule has 1 unspecified atom stereocenters. The average Bonchev–Trinajstić information content (AvgIpc) is 3.21. The number of aromatic nitrogens is 2. The van der Waals surface area contributed by atoms with Crippen molar-refractivity contribution in [3.63, 3.8) is 0 Å². The lowest BCUT2D eigenvalue weighted by Crippen LogP contribution is -2.56. The first-order valence-electron chi connectivity index (χ1n) is 12.9. The average molecular weight is 509 g/mol. The third kappa shape index (κ3) is 6.01. The van der Waals surface area contributed by atoms with Crippen molar-refractivity contribution >= 4 is 22.7 Å². The number of halogens is 1. The molecule has 0 saturated carbocycles. The lowest BCUT2D eigenvalue weighted by molar-refractivity contribution is -0.138. The van der Waals surface area contributed by atoms with E-state index in [1.165, 1.54) is 12.1 Å². The molecule has 0 radical (unpaired) electrons. The molecule has 2 amide bonds. The maximum atomic E-state index is 13.6. The van der Waals surface area contributed by atoms with Crippen LogP contribution in [-0.2, 0) is 11.3 Å². The molecule has 2 heterocycles. The molecule has 7 nitrogen and oxygen atoms in total. The number of nitrogens with zero attached hydrogens (tertiary/aromatic N) is 3. The molecule has 3 aromatic rings. The number of piperidine rings is 1. The summed E-state index contributed by atoms with van der Waals surface area (Å²) in [6.45, 7) is 10.9. The standard InChI is InChI=1S/C29H37FN4O3/c1-28(2,3)25(27(36)33-16-14-20(15-17-33)29(4,5)37)31-26(35)24-22-8-6-7-9-23(22)34(32-24)18-19-10-12-21(30)13-11-19/h6-13,20,25,37H,14-18H2,1-5H3,(H,31,35). The molecular formula is C29H37FN4O3. The largest absolute Gasteiger partial charge is 0.390 e. The zero-order valence-electron chi connectivity index (χ0n) is 22.3. The summed E-state index contributed by atoms with van der Waals surface area (Å²) in [5.41, 5.74) is 0.594. The Morgan fingerprint density at radius 2 is 1.68 bits per heavy atom. The number of likely N-dealkylation sites (tertiary alicyclic amines) is 1. The molecule has 1 atom stereocenters. The van der Waals surface area contributed by atoms with E-state index >= 15 is 0 Å². The monoisotopic (exact) mass is 508 g/mol. The molecule has 1 aliphatic heterocycles. The van der Waals surface area contributed by atoms with Gasteiger partial charge in [0.1, 0.15) is 11.9 Å². The Kier molecular flexibility index (Phi) is 7.42. The second-order valence-corrected chi connectivity index (χ2v) is 11.7. The first-order valence-corrected chi connectivity index (χ1v) is 12.9. The Hall–Kier alpha value is -3.26. The van der Waals surface area contributed by atoms with Crippen LogP contribution in [0.25, 0.3) is 10.9 Å². The first-order chi connectivity index (χ1) is 17.3. The van der Waals surface area contributed by atoms with E-state index < -0.39 is 23.0 Å². The Balaban J connectivity index is 1.56. The fourth-order valence-electron chi connectivity index (χ4n) is 5.02. The van der Waals surface area contributed by atoms with Crippen LogP contribution in [0.15, 0.2) is 48.5 Å². The SMILES string of the molecule is CC(C)(C)C(NC(=O)c1nn(Cc2ccc(F)cc2)c2ccccc12)C(=O)N1CCC(C(C)(C)O)CC1. The van der Waals surface area contributed by atoms with E-state index in [-0.39, 0.29) is 23.3 Å². The number of carbonyl (C=O) groups is 2. The van der Waals surface area contributed by atoms with Crippen LogP contribution in [0.2, 0.25) is 0 Å². The summed E-state index contributed by atoms with van der Waals surface area (Å²) in [7, 11) is 0. The van der Waals surface area contributed by atoms with Crippen LogP contribution in [-0.4, -0.2) is 56.3 Å². The van der Waals surface area contributed by atoms with E-state index in [2.05, 4.69) is 10.4 Å². The zero-order valence-corrected chi connectivity index (χ0v) is 22.3. The van der Waals surface area contributed by atoms with Crippen LogP contribution in [0, 0.1) is 17.2 Å². The lowest BCUT2D eigenvalue weighted by atomic mass is 9.81. The number of benzene rings is 2. The number of rotatable bonds is 6. The number of hydrogen-bond donors (Lipinski definition) is 2. The summed E-state index contributed by atoms with van der Waals surface area (Å²) in [5.74, 6) is -0.703. The van der Waals surface area contributed by atoms with E-state index in [0.29, 0.717) is 25.0 Å². The molecule has 0 bridgehead atoms. The normalized spacial score (nSPS) is 16.1. The van der Waals surface area contributed by atoms with Gasteiger partial charge >= 0.3 is 0 Å². The number of amides is 2. The van der Waals surface area contributed by atoms with Crippen molar-refractivity contribution in [2.24, 2.45) is 11.3 Å². The molecule has 198 valence electrons. The lowest BCUT2D eigenvalue weighted by Gasteiger charge is -2.41. The van der Waals surface area contributed by atoms with Gasteiger partial charge in [0.2, 0.25) is 5.91 Å². The van der Waals surface area contributed by atoms with Crippen LogP contribution < -0.4 is 5.32 Å². The Bertz CT molecular complexity index is 1260. The van der Waals surface area contributed by atoms with Gasteiger partial charge in [-0.15, -0.1) is 0 Å². The van der Waals surface area contributed by atoms with Gasteiger partial charge in [0.05, 0.1) is 17.7 Å². The number of nitrogens with one attached hydrogen (secondary N) is 1. The molecule has 0 spiro atoms. The maximum absolute atomic E-state index is 13.6. The Labute approximate surface area is 217 Å². The minimum absolute atomic E-state index is 0.120. The van der Waals surface area contributed by atoms with Crippen LogP contribution in [0.3, 0.4) is 0 Å². The molecular weight excluding hydrogens is 471 g/mol. The fourth-order valence-corrected chi connectivity index (χ4v) is 5.02. The maximum Gasteiger partial charge on any atom is 0.273 e. The number of aliphatic hydroxyl groups is 1. The van der Waals surface area contributed by atoms with Gasteiger partial charge in [0, 0.05) is 18.5 Å². The molecule has 1 aliphatic rings. The minimum Gasteiger partial charge on any atom is -0.390 e. The predicted molar refractivity (Wildman–Crippen MR) is 142 cm³/mol. The molecule has 37 heavy (non-hydrogen) atoms. The predicted octanol–water partition coefficient (Wildman–Crippen LogP) is 4.38. The number of carbonyl (C=O) groups excluding carboxylic acids is 2. The summed E-state index contributed by atoms with van der Waals surface area (Å²) < 4.78 is 15.1. The highest BCUT2D eigenvalue weighted by Crippen LogP contribution is 2.30. The molecule has 1 fully saturated rings. The molecule has 2 aromatic carbocycles.